The van der Waals surface area contributed by atoms with Gasteiger partial charge in [0.25, 0.3) is 0 Å². The fraction of sp³-hybridized carbons (Fsp3) is 0.800. The van der Waals surface area contributed by atoms with Crippen LogP contribution in [-0.2, 0) is 4.79 Å². The lowest BCUT2D eigenvalue weighted by Crippen LogP contribution is -2.13. The van der Waals surface area contributed by atoms with Crippen LogP contribution in [-0.4, -0.2) is 17.2 Å². The van der Waals surface area contributed by atoms with Gasteiger partial charge in [-0.2, -0.15) is 0 Å². The molecule has 8 heavy (non-hydrogen) atoms. The number of rotatable bonds is 3. The lowest BCUT2D eigenvalue weighted by Gasteiger charge is -2.02. The smallest absolute Gasteiger partial charge is 0.306 e. The van der Waals surface area contributed by atoms with Gasteiger partial charge >= 0.3 is 5.97 Å². The average molecular weight is 134 g/mol. The van der Waals surface area contributed by atoms with Crippen LogP contribution in [0.3, 0.4) is 0 Å². The van der Waals surface area contributed by atoms with Crippen LogP contribution in [0.15, 0.2) is 0 Å². The molecule has 1 N–H and O–H groups in total. The molecule has 2 unspecified atom stereocenters. The minimum Gasteiger partial charge on any atom is -0.481 e. The molecule has 48 valence electrons. The molecular weight excluding hydrogens is 123 g/mol. The third kappa shape index (κ3) is 2.27. The van der Waals surface area contributed by atoms with Crippen molar-refractivity contribution in [3.63, 3.8) is 0 Å². The molecule has 0 heterocycles. The topological polar surface area (TPSA) is 37.3 Å². The van der Waals surface area contributed by atoms with E-state index in [9.17, 15) is 4.79 Å². The first-order valence-corrected chi connectivity index (χ1v) is 3.46. The van der Waals surface area contributed by atoms with E-state index in [2.05, 4.69) is 9.24 Å². The van der Waals surface area contributed by atoms with E-state index in [1.54, 1.807) is 0 Å². The Labute approximate surface area is 51.5 Å². The van der Waals surface area contributed by atoms with E-state index >= 15 is 0 Å². The van der Waals surface area contributed by atoms with Crippen molar-refractivity contribution in [2.24, 2.45) is 5.92 Å². The zero-order valence-corrected chi connectivity index (χ0v) is 6.08. The fourth-order valence-electron chi connectivity index (χ4n) is 0.442. The van der Waals surface area contributed by atoms with Gasteiger partial charge in [-0.3, -0.25) is 4.79 Å². The van der Waals surface area contributed by atoms with Gasteiger partial charge < -0.3 is 5.11 Å². The molecule has 0 aromatic rings. The predicted molar refractivity (Wildman–Crippen MR) is 36.0 cm³/mol. The minimum atomic E-state index is -0.692. The Bertz CT molecular complexity index is 78.5. The van der Waals surface area contributed by atoms with Crippen molar-refractivity contribution in [1.29, 1.82) is 0 Å². The van der Waals surface area contributed by atoms with Crippen molar-refractivity contribution in [1.82, 2.24) is 0 Å². The second-order valence-corrected chi connectivity index (χ2v) is 2.15. The SMILES string of the molecule is CCC(CP)C(=O)O. The molecule has 3 heteroatoms. The Hall–Kier alpha value is -0.100. The van der Waals surface area contributed by atoms with Crippen LogP contribution in [0.25, 0.3) is 0 Å². The summed E-state index contributed by atoms with van der Waals surface area (Å²) in [5.74, 6) is -0.859. The Balaban J connectivity index is 3.52. The molecule has 0 aliphatic heterocycles. The molecule has 2 nitrogen and oxygen atoms in total. The standard InChI is InChI=1S/C5H11O2P/c1-2-4(3-8)5(6)7/h4H,2-3,8H2,1H3,(H,6,7). The number of carbonyl (C=O) groups is 1. The van der Waals surface area contributed by atoms with Gasteiger partial charge in [0.2, 0.25) is 0 Å². The van der Waals surface area contributed by atoms with Crippen LogP contribution in [0.2, 0.25) is 0 Å². The molecule has 0 radical (unpaired) electrons. The maximum absolute atomic E-state index is 10.1. The summed E-state index contributed by atoms with van der Waals surface area (Å²) >= 11 is 0. The average Bonchev–Trinajstić information content (AvgIpc) is 1.69. The van der Waals surface area contributed by atoms with Crippen LogP contribution < -0.4 is 0 Å². The summed E-state index contributed by atoms with van der Waals surface area (Å²) < 4.78 is 0. The normalized spacial score (nSPS) is 13.2. The van der Waals surface area contributed by atoms with E-state index in [4.69, 9.17) is 5.11 Å². The molecule has 0 saturated carbocycles. The van der Waals surface area contributed by atoms with Gasteiger partial charge in [-0.15, -0.1) is 9.24 Å². The van der Waals surface area contributed by atoms with Crippen LogP contribution in [0, 0.1) is 5.92 Å². The van der Waals surface area contributed by atoms with Gasteiger partial charge in [-0.1, -0.05) is 6.92 Å². The molecule has 0 spiro atoms. The number of hydrogen-bond donors (Lipinski definition) is 1. The van der Waals surface area contributed by atoms with Crippen LogP contribution in [0.4, 0.5) is 0 Å². The van der Waals surface area contributed by atoms with E-state index in [1.807, 2.05) is 6.92 Å². The molecule has 0 saturated heterocycles. The first kappa shape index (κ1) is 7.90. The van der Waals surface area contributed by atoms with Crippen LogP contribution >= 0.6 is 9.24 Å². The second kappa shape index (κ2) is 3.85. The minimum absolute atomic E-state index is 0.167. The molecular formula is C5H11O2P. The molecule has 2 atom stereocenters. The molecule has 0 fully saturated rings. The Morgan fingerprint density at radius 2 is 2.38 bits per heavy atom. The molecule has 0 bridgehead atoms. The summed E-state index contributed by atoms with van der Waals surface area (Å²) in [4.78, 5) is 10.1. The molecule has 0 amide bonds. The lowest BCUT2D eigenvalue weighted by molar-refractivity contribution is -0.140. The Kier molecular flexibility index (Phi) is 3.80. The number of carboxylic acid groups (broad SMARTS) is 1. The Morgan fingerprint density at radius 3 is 2.38 bits per heavy atom. The quantitative estimate of drug-likeness (QED) is 0.584. The summed E-state index contributed by atoms with van der Waals surface area (Å²) in [5.41, 5.74) is 0. The summed E-state index contributed by atoms with van der Waals surface area (Å²) in [7, 11) is 2.43. The van der Waals surface area contributed by atoms with Crippen molar-refractivity contribution in [3.8, 4) is 0 Å². The van der Waals surface area contributed by atoms with Crippen molar-refractivity contribution >= 4 is 15.2 Å². The van der Waals surface area contributed by atoms with E-state index in [1.165, 1.54) is 0 Å². The summed E-state index contributed by atoms with van der Waals surface area (Å²) in [6.07, 6.45) is 1.38. The van der Waals surface area contributed by atoms with Gasteiger partial charge in [0.05, 0.1) is 5.92 Å². The Morgan fingerprint density at radius 1 is 1.88 bits per heavy atom. The van der Waals surface area contributed by atoms with Gasteiger partial charge in [0.15, 0.2) is 0 Å². The van der Waals surface area contributed by atoms with Crippen molar-refractivity contribution in [2.45, 2.75) is 13.3 Å². The van der Waals surface area contributed by atoms with E-state index in [-0.39, 0.29) is 5.92 Å². The van der Waals surface area contributed by atoms with E-state index in [0.717, 1.165) is 6.42 Å². The third-order valence-electron chi connectivity index (χ3n) is 1.13. The summed E-state index contributed by atoms with van der Waals surface area (Å²) in [6, 6.07) is 0. The number of aliphatic carboxylic acids is 1. The van der Waals surface area contributed by atoms with E-state index < -0.39 is 5.97 Å². The van der Waals surface area contributed by atoms with Gasteiger partial charge in [0, 0.05) is 0 Å². The van der Waals surface area contributed by atoms with Crippen molar-refractivity contribution < 1.29 is 9.90 Å². The second-order valence-electron chi connectivity index (χ2n) is 1.68. The largest absolute Gasteiger partial charge is 0.481 e. The monoisotopic (exact) mass is 134 g/mol. The highest BCUT2D eigenvalue weighted by Gasteiger charge is 2.10. The number of carboxylic acids is 1. The summed E-state index contributed by atoms with van der Waals surface area (Å²) in [5, 5.41) is 8.36. The van der Waals surface area contributed by atoms with Crippen LogP contribution in [0.1, 0.15) is 13.3 Å². The first-order valence-electron chi connectivity index (χ1n) is 2.65. The lowest BCUT2D eigenvalue weighted by atomic mass is 10.1. The maximum Gasteiger partial charge on any atom is 0.306 e. The number of hydrogen-bond acceptors (Lipinski definition) is 1. The highest BCUT2D eigenvalue weighted by molar-refractivity contribution is 7.16. The molecule has 0 aromatic heterocycles. The zero-order valence-electron chi connectivity index (χ0n) is 4.92. The fourth-order valence-corrected chi connectivity index (χ4v) is 0.977. The zero-order chi connectivity index (χ0) is 6.57. The van der Waals surface area contributed by atoms with Gasteiger partial charge in [-0.25, -0.2) is 0 Å². The van der Waals surface area contributed by atoms with Crippen LogP contribution in [0.5, 0.6) is 0 Å². The third-order valence-corrected chi connectivity index (χ3v) is 1.70. The van der Waals surface area contributed by atoms with E-state index in [0.29, 0.717) is 6.16 Å². The molecule has 0 rings (SSSR count). The highest BCUT2D eigenvalue weighted by Crippen LogP contribution is 2.05. The molecule has 0 aromatic carbocycles. The highest BCUT2D eigenvalue weighted by atomic mass is 31.0. The van der Waals surface area contributed by atoms with Crippen molar-refractivity contribution in [2.75, 3.05) is 6.16 Å². The van der Waals surface area contributed by atoms with Gasteiger partial charge in [-0.05, 0) is 12.6 Å². The molecule has 0 aliphatic rings. The summed E-state index contributed by atoms with van der Waals surface area (Å²) in [6.45, 7) is 1.88. The molecule has 0 aliphatic carbocycles. The van der Waals surface area contributed by atoms with Gasteiger partial charge in [0.1, 0.15) is 0 Å². The van der Waals surface area contributed by atoms with Crippen molar-refractivity contribution in [3.05, 3.63) is 0 Å². The predicted octanol–water partition coefficient (Wildman–Crippen LogP) is 0.972. The maximum atomic E-state index is 10.1. The first-order chi connectivity index (χ1) is 3.72.